The predicted octanol–water partition coefficient (Wildman–Crippen LogP) is 1.38. The monoisotopic (exact) mass is 300 g/mol. The van der Waals surface area contributed by atoms with Crippen molar-refractivity contribution in [3.8, 4) is 11.5 Å². The lowest BCUT2D eigenvalue weighted by molar-refractivity contribution is 0.102. The van der Waals surface area contributed by atoms with Gasteiger partial charge in [-0.2, -0.15) is 5.10 Å². The second-order valence-electron chi connectivity index (χ2n) is 5.54. The molecule has 1 aromatic carbocycles. The van der Waals surface area contributed by atoms with E-state index >= 15 is 0 Å². The zero-order valence-electron chi connectivity index (χ0n) is 12.2. The van der Waals surface area contributed by atoms with Crippen LogP contribution in [0.4, 0.5) is 5.82 Å². The SMILES string of the molecule is CN1CCc2c(NC(=O)c3ccc4c(c3)OCO4)n[nH]c2C1. The first-order valence-corrected chi connectivity index (χ1v) is 7.16. The largest absolute Gasteiger partial charge is 0.454 e. The summed E-state index contributed by atoms with van der Waals surface area (Å²) in [6.45, 7) is 1.97. The molecule has 7 nitrogen and oxygen atoms in total. The van der Waals surface area contributed by atoms with Crippen molar-refractivity contribution in [1.29, 1.82) is 0 Å². The van der Waals surface area contributed by atoms with Crippen molar-refractivity contribution < 1.29 is 14.3 Å². The molecule has 3 heterocycles. The van der Waals surface area contributed by atoms with Crippen LogP contribution < -0.4 is 14.8 Å². The number of benzene rings is 1. The Morgan fingerprint density at radius 2 is 2.23 bits per heavy atom. The molecule has 1 aromatic heterocycles. The lowest BCUT2D eigenvalue weighted by atomic mass is 10.1. The van der Waals surface area contributed by atoms with Gasteiger partial charge in [-0.05, 0) is 31.7 Å². The molecular formula is C15H16N4O3. The zero-order chi connectivity index (χ0) is 15.1. The standard InChI is InChI=1S/C15H16N4O3/c1-19-5-4-10-11(7-19)17-18-14(10)16-15(20)9-2-3-12-13(6-9)22-8-21-12/h2-3,6H,4-5,7-8H2,1H3,(H2,16,17,18,20). The molecule has 0 radical (unpaired) electrons. The number of hydrogen-bond donors (Lipinski definition) is 2. The highest BCUT2D eigenvalue weighted by atomic mass is 16.7. The van der Waals surface area contributed by atoms with Gasteiger partial charge < -0.3 is 19.7 Å². The number of anilines is 1. The van der Waals surface area contributed by atoms with Gasteiger partial charge in [0.1, 0.15) is 0 Å². The van der Waals surface area contributed by atoms with E-state index < -0.39 is 0 Å². The van der Waals surface area contributed by atoms with Crippen molar-refractivity contribution in [2.24, 2.45) is 0 Å². The van der Waals surface area contributed by atoms with E-state index in [9.17, 15) is 4.79 Å². The maximum atomic E-state index is 12.4. The van der Waals surface area contributed by atoms with Crippen LogP contribution in [0.25, 0.3) is 0 Å². The molecule has 22 heavy (non-hydrogen) atoms. The van der Waals surface area contributed by atoms with Crippen LogP contribution in [0, 0.1) is 0 Å². The highest BCUT2D eigenvalue weighted by molar-refractivity contribution is 6.04. The highest BCUT2D eigenvalue weighted by Gasteiger charge is 2.22. The molecule has 1 amide bonds. The van der Waals surface area contributed by atoms with E-state index in [0.717, 1.165) is 30.8 Å². The molecule has 2 aromatic rings. The molecule has 7 heteroatoms. The summed E-state index contributed by atoms with van der Waals surface area (Å²) in [6.07, 6.45) is 0.874. The van der Waals surface area contributed by atoms with Gasteiger partial charge in [-0.15, -0.1) is 0 Å². The molecular weight excluding hydrogens is 284 g/mol. The van der Waals surface area contributed by atoms with Crippen LogP contribution in [0.1, 0.15) is 21.6 Å². The fraction of sp³-hybridized carbons (Fsp3) is 0.333. The number of carbonyl (C=O) groups is 1. The van der Waals surface area contributed by atoms with Gasteiger partial charge in [0.25, 0.3) is 5.91 Å². The molecule has 0 saturated carbocycles. The summed E-state index contributed by atoms with van der Waals surface area (Å²) in [5, 5.41) is 10.1. The number of fused-ring (bicyclic) bond motifs is 2. The van der Waals surface area contributed by atoms with Gasteiger partial charge in [0.15, 0.2) is 17.3 Å². The van der Waals surface area contributed by atoms with Crippen molar-refractivity contribution in [1.82, 2.24) is 15.1 Å². The number of nitrogens with one attached hydrogen (secondary N) is 2. The Kier molecular flexibility index (Phi) is 3.00. The number of likely N-dealkylation sites (N-methyl/N-ethyl adjacent to an activating group) is 1. The lowest BCUT2D eigenvalue weighted by Crippen LogP contribution is -2.26. The van der Waals surface area contributed by atoms with E-state index in [1.54, 1.807) is 18.2 Å². The third kappa shape index (κ3) is 2.19. The number of ether oxygens (including phenoxy) is 2. The van der Waals surface area contributed by atoms with E-state index in [-0.39, 0.29) is 12.7 Å². The summed E-state index contributed by atoms with van der Waals surface area (Å²) >= 11 is 0. The van der Waals surface area contributed by atoms with Crippen LogP contribution in [0.3, 0.4) is 0 Å². The van der Waals surface area contributed by atoms with Crippen LogP contribution in [-0.2, 0) is 13.0 Å². The molecule has 0 saturated heterocycles. The number of aromatic nitrogens is 2. The topological polar surface area (TPSA) is 79.5 Å². The first-order valence-electron chi connectivity index (χ1n) is 7.16. The number of aromatic amines is 1. The van der Waals surface area contributed by atoms with Gasteiger partial charge in [0, 0.05) is 24.2 Å². The number of amides is 1. The minimum absolute atomic E-state index is 0.195. The van der Waals surface area contributed by atoms with E-state index in [0.29, 0.717) is 22.9 Å². The summed E-state index contributed by atoms with van der Waals surface area (Å²) in [5.74, 6) is 1.67. The van der Waals surface area contributed by atoms with Gasteiger partial charge in [-0.3, -0.25) is 9.89 Å². The zero-order valence-corrected chi connectivity index (χ0v) is 12.2. The Labute approximate surface area is 127 Å². The Morgan fingerprint density at radius 3 is 3.14 bits per heavy atom. The Morgan fingerprint density at radius 1 is 1.36 bits per heavy atom. The molecule has 2 aliphatic heterocycles. The summed E-state index contributed by atoms with van der Waals surface area (Å²) in [6, 6.07) is 5.15. The number of hydrogen-bond acceptors (Lipinski definition) is 5. The van der Waals surface area contributed by atoms with Gasteiger partial charge in [-0.1, -0.05) is 0 Å². The Bertz CT molecular complexity index is 740. The van der Waals surface area contributed by atoms with E-state index in [1.165, 1.54) is 0 Å². The molecule has 0 unspecified atom stereocenters. The fourth-order valence-corrected chi connectivity index (χ4v) is 2.77. The van der Waals surface area contributed by atoms with Crippen molar-refractivity contribution in [2.45, 2.75) is 13.0 Å². The van der Waals surface area contributed by atoms with Crippen molar-refractivity contribution in [2.75, 3.05) is 25.7 Å². The molecule has 114 valence electrons. The van der Waals surface area contributed by atoms with Gasteiger partial charge in [0.2, 0.25) is 6.79 Å². The molecule has 0 aliphatic carbocycles. The molecule has 2 N–H and O–H groups in total. The van der Waals surface area contributed by atoms with Crippen LogP contribution in [0.15, 0.2) is 18.2 Å². The van der Waals surface area contributed by atoms with Crippen molar-refractivity contribution in [3.63, 3.8) is 0 Å². The maximum absolute atomic E-state index is 12.4. The minimum Gasteiger partial charge on any atom is -0.454 e. The van der Waals surface area contributed by atoms with Crippen LogP contribution in [-0.4, -0.2) is 41.4 Å². The first-order chi connectivity index (χ1) is 10.7. The molecule has 0 spiro atoms. The third-order valence-corrected chi connectivity index (χ3v) is 3.99. The highest BCUT2D eigenvalue weighted by Crippen LogP contribution is 2.32. The minimum atomic E-state index is -0.202. The normalized spacial score (nSPS) is 16.4. The third-order valence-electron chi connectivity index (χ3n) is 3.99. The molecule has 0 fully saturated rings. The average molecular weight is 300 g/mol. The molecule has 0 bridgehead atoms. The predicted molar refractivity (Wildman–Crippen MR) is 79.1 cm³/mol. The second kappa shape index (κ2) is 5.03. The summed E-state index contributed by atoms with van der Waals surface area (Å²) in [4.78, 5) is 14.6. The van der Waals surface area contributed by atoms with E-state index in [2.05, 4.69) is 27.5 Å². The smallest absolute Gasteiger partial charge is 0.257 e. The summed E-state index contributed by atoms with van der Waals surface area (Å²) in [7, 11) is 2.06. The quantitative estimate of drug-likeness (QED) is 0.876. The van der Waals surface area contributed by atoms with Gasteiger partial charge in [-0.25, -0.2) is 0 Å². The number of H-pyrrole nitrogens is 1. The second-order valence-corrected chi connectivity index (χ2v) is 5.54. The van der Waals surface area contributed by atoms with E-state index in [4.69, 9.17) is 9.47 Å². The molecule has 2 aliphatic rings. The molecule has 0 atom stereocenters. The van der Waals surface area contributed by atoms with Gasteiger partial charge in [0.05, 0.1) is 5.69 Å². The first kappa shape index (κ1) is 13.1. The number of nitrogens with zero attached hydrogens (tertiary/aromatic N) is 2. The number of rotatable bonds is 2. The van der Waals surface area contributed by atoms with Crippen LogP contribution in [0.2, 0.25) is 0 Å². The number of carbonyl (C=O) groups excluding carboxylic acids is 1. The van der Waals surface area contributed by atoms with Crippen LogP contribution in [0.5, 0.6) is 11.5 Å². The Hall–Kier alpha value is -2.54. The average Bonchev–Trinajstić information content (AvgIpc) is 3.13. The lowest BCUT2D eigenvalue weighted by Gasteiger charge is -2.21. The van der Waals surface area contributed by atoms with Gasteiger partial charge >= 0.3 is 0 Å². The van der Waals surface area contributed by atoms with E-state index in [1.807, 2.05) is 0 Å². The maximum Gasteiger partial charge on any atom is 0.257 e. The van der Waals surface area contributed by atoms with Crippen molar-refractivity contribution in [3.05, 3.63) is 35.0 Å². The Balaban J connectivity index is 1.55. The van der Waals surface area contributed by atoms with Crippen molar-refractivity contribution >= 4 is 11.7 Å². The fourth-order valence-electron chi connectivity index (χ4n) is 2.77. The van der Waals surface area contributed by atoms with Crippen LogP contribution >= 0.6 is 0 Å². The molecule has 4 rings (SSSR count). The summed E-state index contributed by atoms with van der Waals surface area (Å²) < 4.78 is 10.5. The summed E-state index contributed by atoms with van der Waals surface area (Å²) in [5.41, 5.74) is 2.68.